The van der Waals surface area contributed by atoms with Crippen molar-refractivity contribution in [1.82, 2.24) is 9.55 Å². The van der Waals surface area contributed by atoms with Crippen LogP contribution >= 0.6 is 0 Å². The summed E-state index contributed by atoms with van der Waals surface area (Å²) in [4.78, 5) is 4.88. The molecule has 0 spiro atoms. The first kappa shape index (κ1) is 19.3. The minimum Gasteiger partial charge on any atom is -0.336 e. The van der Waals surface area contributed by atoms with Crippen molar-refractivity contribution >= 4 is 20.9 Å². The summed E-state index contributed by atoms with van der Waals surface area (Å²) in [6, 6.07) is 10.5. The minimum atomic E-state index is -3.34. The van der Waals surface area contributed by atoms with Crippen LogP contribution in [0.2, 0.25) is 0 Å². The molecule has 3 rings (SSSR count). The maximum absolute atomic E-state index is 14.2. The monoisotopic (exact) mass is 387 g/mol. The van der Waals surface area contributed by atoms with E-state index in [2.05, 4.69) is 4.98 Å². The van der Waals surface area contributed by atoms with Gasteiger partial charge in [0.05, 0.1) is 22.5 Å². The molecule has 0 unspecified atom stereocenters. The molecule has 0 amide bonds. The number of nitrogens with zero attached hydrogens (tertiary/aromatic N) is 2. The van der Waals surface area contributed by atoms with Crippen molar-refractivity contribution in [2.75, 3.05) is 12.8 Å². The van der Waals surface area contributed by atoms with Crippen LogP contribution in [0.1, 0.15) is 11.4 Å². The molecule has 0 aliphatic rings. The van der Waals surface area contributed by atoms with Crippen LogP contribution < -0.4 is 5.73 Å². The van der Waals surface area contributed by atoms with Crippen molar-refractivity contribution in [3.8, 4) is 11.1 Å². The Balaban J connectivity index is 2.29. The van der Waals surface area contributed by atoms with E-state index in [4.69, 9.17) is 5.73 Å². The van der Waals surface area contributed by atoms with Crippen LogP contribution in [0.4, 0.5) is 4.39 Å². The Hall–Kier alpha value is -2.51. The number of sulfone groups is 1. The molecule has 0 fully saturated rings. The summed E-state index contributed by atoms with van der Waals surface area (Å²) in [6.45, 7) is 3.95. The summed E-state index contributed by atoms with van der Waals surface area (Å²) in [5.74, 6) is -0.325. The van der Waals surface area contributed by atoms with Crippen LogP contribution in [-0.2, 0) is 16.4 Å². The van der Waals surface area contributed by atoms with E-state index in [-0.39, 0.29) is 23.8 Å². The molecule has 2 aromatic heterocycles. The molecule has 5 nitrogen and oxygen atoms in total. The highest BCUT2D eigenvalue weighted by Gasteiger charge is 2.19. The molecule has 0 aliphatic heterocycles. The number of allylic oxidation sites excluding steroid dienone is 1. The molecule has 1 aromatic carbocycles. The smallest absolute Gasteiger partial charge is 0.175 e. The van der Waals surface area contributed by atoms with Gasteiger partial charge in [0.2, 0.25) is 0 Å². The van der Waals surface area contributed by atoms with Crippen LogP contribution in [0.5, 0.6) is 0 Å². The second-order valence-corrected chi connectivity index (χ2v) is 8.57. The number of hydrogen-bond donors (Lipinski definition) is 1. The Labute approximate surface area is 158 Å². The Morgan fingerprint density at radius 1 is 1.26 bits per heavy atom. The van der Waals surface area contributed by atoms with Crippen molar-refractivity contribution in [3.05, 3.63) is 59.7 Å². The highest BCUT2D eigenvalue weighted by atomic mass is 32.2. The van der Waals surface area contributed by atoms with E-state index in [1.165, 1.54) is 12.3 Å². The van der Waals surface area contributed by atoms with Crippen LogP contribution in [-0.4, -0.2) is 30.8 Å². The quantitative estimate of drug-likeness (QED) is 0.726. The first-order chi connectivity index (χ1) is 12.7. The van der Waals surface area contributed by atoms with E-state index in [1.54, 1.807) is 18.2 Å². The van der Waals surface area contributed by atoms with Gasteiger partial charge in [-0.2, -0.15) is 0 Å². The number of nitrogens with two attached hydrogens (primary N) is 1. The van der Waals surface area contributed by atoms with Crippen molar-refractivity contribution in [3.63, 3.8) is 0 Å². The zero-order valence-corrected chi connectivity index (χ0v) is 16.3. The second-order valence-electron chi connectivity index (χ2n) is 6.55. The Kier molecular flexibility index (Phi) is 5.17. The number of hydrogen-bond acceptors (Lipinski definition) is 4. The van der Waals surface area contributed by atoms with Crippen molar-refractivity contribution in [2.45, 2.75) is 25.3 Å². The van der Waals surface area contributed by atoms with E-state index >= 15 is 0 Å². The van der Waals surface area contributed by atoms with Gasteiger partial charge in [-0.25, -0.2) is 12.8 Å². The molecule has 2 N–H and O–H groups in total. The molecule has 0 saturated heterocycles. The average Bonchev–Trinajstić information content (AvgIpc) is 2.86. The van der Waals surface area contributed by atoms with Gasteiger partial charge in [-0.3, -0.25) is 4.98 Å². The van der Waals surface area contributed by atoms with Gasteiger partial charge >= 0.3 is 0 Å². The SMILES string of the molecule is Cc1ccc2c(n1)c(-c1cccc(S(C)(=O)=O)c1)c(C)n2C/C(F)=C/CN. The third-order valence-electron chi connectivity index (χ3n) is 4.51. The predicted octanol–water partition coefficient (Wildman–Crippen LogP) is 3.54. The van der Waals surface area contributed by atoms with E-state index < -0.39 is 9.84 Å². The fourth-order valence-corrected chi connectivity index (χ4v) is 3.88. The third-order valence-corrected chi connectivity index (χ3v) is 5.62. The molecule has 142 valence electrons. The molecule has 0 saturated carbocycles. The normalized spacial score (nSPS) is 12.7. The predicted molar refractivity (Wildman–Crippen MR) is 106 cm³/mol. The molecule has 27 heavy (non-hydrogen) atoms. The molecule has 0 bridgehead atoms. The van der Waals surface area contributed by atoms with E-state index in [0.717, 1.165) is 33.5 Å². The first-order valence-corrected chi connectivity index (χ1v) is 10.4. The topological polar surface area (TPSA) is 78.0 Å². The van der Waals surface area contributed by atoms with Crippen LogP contribution in [0.15, 0.2) is 53.2 Å². The van der Waals surface area contributed by atoms with Crippen molar-refractivity contribution < 1.29 is 12.8 Å². The molecular weight excluding hydrogens is 365 g/mol. The van der Waals surface area contributed by atoms with E-state index in [9.17, 15) is 12.8 Å². The summed E-state index contributed by atoms with van der Waals surface area (Å²) in [7, 11) is -3.34. The summed E-state index contributed by atoms with van der Waals surface area (Å²) in [6.07, 6.45) is 2.52. The van der Waals surface area contributed by atoms with Gasteiger partial charge in [-0.05, 0) is 49.8 Å². The third kappa shape index (κ3) is 3.79. The zero-order valence-electron chi connectivity index (χ0n) is 15.5. The molecule has 3 aromatic rings. The van der Waals surface area contributed by atoms with Gasteiger partial charge in [-0.15, -0.1) is 0 Å². The largest absolute Gasteiger partial charge is 0.336 e. The van der Waals surface area contributed by atoms with Gasteiger partial charge in [0.25, 0.3) is 0 Å². The summed E-state index contributed by atoms with van der Waals surface area (Å²) in [5, 5.41) is 0. The lowest BCUT2D eigenvalue weighted by molar-refractivity contribution is 0.555. The number of aromatic nitrogens is 2. The Morgan fingerprint density at radius 2 is 2.00 bits per heavy atom. The summed E-state index contributed by atoms with van der Waals surface area (Å²) in [5.41, 5.74) is 10.1. The molecule has 0 atom stereocenters. The summed E-state index contributed by atoms with van der Waals surface area (Å²) < 4.78 is 39.9. The Morgan fingerprint density at radius 3 is 2.67 bits per heavy atom. The lowest BCUT2D eigenvalue weighted by Crippen LogP contribution is -2.03. The lowest BCUT2D eigenvalue weighted by atomic mass is 10.1. The molecule has 2 heterocycles. The van der Waals surface area contributed by atoms with E-state index in [0.29, 0.717) is 0 Å². The highest BCUT2D eigenvalue weighted by Crippen LogP contribution is 2.35. The maximum atomic E-state index is 14.2. The molecule has 0 aliphatic carbocycles. The van der Waals surface area contributed by atoms with Gasteiger partial charge in [0.15, 0.2) is 9.84 Å². The number of halogens is 1. The zero-order chi connectivity index (χ0) is 19.8. The fourth-order valence-electron chi connectivity index (χ4n) is 3.21. The van der Waals surface area contributed by atoms with Gasteiger partial charge < -0.3 is 10.3 Å². The fraction of sp³-hybridized carbons (Fsp3) is 0.250. The highest BCUT2D eigenvalue weighted by molar-refractivity contribution is 7.90. The maximum Gasteiger partial charge on any atom is 0.175 e. The van der Waals surface area contributed by atoms with Crippen LogP contribution in [0.3, 0.4) is 0 Å². The lowest BCUT2D eigenvalue weighted by Gasteiger charge is -2.08. The number of aryl methyl sites for hydroxylation is 1. The van der Waals surface area contributed by atoms with Crippen LogP contribution in [0, 0.1) is 13.8 Å². The minimum absolute atomic E-state index is 0.0516. The van der Waals surface area contributed by atoms with Gasteiger partial charge in [0.1, 0.15) is 5.83 Å². The molecule has 0 radical (unpaired) electrons. The van der Waals surface area contributed by atoms with Crippen molar-refractivity contribution in [1.29, 1.82) is 0 Å². The van der Waals surface area contributed by atoms with Crippen LogP contribution in [0.25, 0.3) is 22.2 Å². The molecule has 7 heteroatoms. The summed E-state index contributed by atoms with van der Waals surface area (Å²) >= 11 is 0. The molecular formula is C20H22FN3O2S. The second kappa shape index (κ2) is 7.25. The number of fused-ring (bicyclic) bond motifs is 1. The van der Waals surface area contributed by atoms with Gasteiger partial charge in [0, 0.05) is 29.8 Å². The average molecular weight is 387 g/mol. The first-order valence-electron chi connectivity index (χ1n) is 8.54. The number of benzene rings is 1. The number of rotatable bonds is 5. The van der Waals surface area contributed by atoms with Gasteiger partial charge in [-0.1, -0.05) is 12.1 Å². The number of pyridine rings is 1. The standard InChI is InChI=1S/C20H22FN3O2S/c1-13-7-8-18-20(23-13)19(14(2)24(18)12-16(21)9-10-22)15-5-4-6-17(11-15)27(3,25)26/h4-9,11H,10,12,22H2,1-3H3/b16-9-. The van der Waals surface area contributed by atoms with E-state index in [1.807, 2.05) is 36.6 Å². The Bertz CT molecular complexity index is 1150. The van der Waals surface area contributed by atoms with Crippen molar-refractivity contribution in [2.24, 2.45) is 5.73 Å².